The van der Waals surface area contributed by atoms with Crippen LogP contribution < -0.4 is 16.0 Å². The quantitative estimate of drug-likeness (QED) is 0.514. The van der Waals surface area contributed by atoms with Crippen LogP contribution in [0.15, 0.2) is 0 Å². The van der Waals surface area contributed by atoms with Crippen molar-refractivity contribution in [1.29, 1.82) is 0 Å². The van der Waals surface area contributed by atoms with E-state index in [1.807, 2.05) is 0 Å². The third kappa shape index (κ3) is 7.23. The van der Waals surface area contributed by atoms with Crippen molar-refractivity contribution < 1.29 is 9.59 Å². The minimum absolute atomic E-state index is 0.0125. The molecule has 0 aromatic rings. The molecular formula is C11H23N3O2. The maximum absolute atomic E-state index is 11.3. The predicted octanol–water partition coefficient (Wildman–Crippen LogP) is 0.0169. The molecule has 0 fully saturated rings. The molecular weight excluding hydrogens is 206 g/mol. The van der Waals surface area contributed by atoms with E-state index in [4.69, 9.17) is 0 Å². The van der Waals surface area contributed by atoms with Crippen LogP contribution in [0.1, 0.15) is 32.6 Å². The van der Waals surface area contributed by atoms with Gasteiger partial charge in [0.05, 0.1) is 6.04 Å². The van der Waals surface area contributed by atoms with E-state index in [1.54, 1.807) is 14.1 Å². The van der Waals surface area contributed by atoms with Gasteiger partial charge in [-0.2, -0.15) is 0 Å². The first kappa shape index (κ1) is 14.9. The van der Waals surface area contributed by atoms with Crippen LogP contribution in [0.25, 0.3) is 0 Å². The van der Waals surface area contributed by atoms with Gasteiger partial charge in [-0.05, 0) is 19.9 Å². The highest BCUT2D eigenvalue weighted by Crippen LogP contribution is 2.03. The standard InChI is InChI=1S/C11H23N3O2/c1-9(15)14-8-6-4-5-7-10(12-2)11(16)13-3/h10,12H,4-8H2,1-3H3,(H,13,16)(H,14,15). The van der Waals surface area contributed by atoms with Crippen molar-refractivity contribution in [2.75, 3.05) is 20.6 Å². The smallest absolute Gasteiger partial charge is 0.236 e. The Kier molecular flexibility index (Phi) is 8.52. The summed E-state index contributed by atoms with van der Waals surface area (Å²) in [5.41, 5.74) is 0. The average Bonchev–Trinajstić information content (AvgIpc) is 2.27. The van der Waals surface area contributed by atoms with Crippen molar-refractivity contribution in [1.82, 2.24) is 16.0 Å². The summed E-state index contributed by atoms with van der Waals surface area (Å²) >= 11 is 0. The molecule has 94 valence electrons. The van der Waals surface area contributed by atoms with E-state index in [2.05, 4.69) is 16.0 Å². The van der Waals surface area contributed by atoms with Crippen molar-refractivity contribution >= 4 is 11.8 Å². The van der Waals surface area contributed by atoms with E-state index in [0.29, 0.717) is 0 Å². The van der Waals surface area contributed by atoms with Crippen LogP contribution >= 0.6 is 0 Å². The van der Waals surface area contributed by atoms with Gasteiger partial charge in [0.2, 0.25) is 11.8 Å². The number of rotatable bonds is 8. The molecule has 0 radical (unpaired) electrons. The zero-order chi connectivity index (χ0) is 12.4. The lowest BCUT2D eigenvalue weighted by Crippen LogP contribution is -2.40. The summed E-state index contributed by atoms with van der Waals surface area (Å²) in [6.45, 7) is 2.24. The number of hydrogen-bond donors (Lipinski definition) is 3. The molecule has 16 heavy (non-hydrogen) atoms. The monoisotopic (exact) mass is 229 g/mol. The van der Waals surface area contributed by atoms with E-state index in [1.165, 1.54) is 6.92 Å². The lowest BCUT2D eigenvalue weighted by atomic mass is 10.1. The SMILES string of the molecule is CNC(=O)C(CCCCCNC(C)=O)NC. The second-order valence-electron chi connectivity index (χ2n) is 3.79. The van der Waals surface area contributed by atoms with Gasteiger partial charge in [-0.1, -0.05) is 12.8 Å². The molecule has 1 unspecified atom stereocenters. The molecule has 3 N–H and O–H groups in total. The van der Waals surface area contributed by atoms with Crippen LogP contribution in [0.2, 0.25) is 0 Å². The number of hydrogen-bond acceptors (Lipinski definition) is 3. The number of likely N-dealkylation sites (N-methyl/N-ethyl adjacent to an activating group) is 2. The third-order valence-electron chi connectivity index (χ3n) is 2.45. The third-order valence-corrected chi connectivity index (χ3v) is 2.45. The molecule has 0 rings (SSSR count). The minimum Gasteiger partial charge on any atom is -0.358 e. The Morgan fingerprint density at radius 3 is 2.31 bits per heavy atom. The average molecular weight is 229 g/mol. The Morgan fingerprint density at radius 1 is 1.12 bits per heavy atom. The normalized spacial score (nSPS) is 11.9. The van der Waals surface area contributed by atoms with Gasteiger partial charge >= 0.3 is 0 Å². The molecule has 0 spiro atoms. The summed E-state index contributed by atoms with van der Waals surface area (Å²) in [5.74, 6) is 0.0443. The lowest BCUT2D eigenvalue weighted by molar-refractivity contribution is -0.122. The number of nitrogens with one attached hydrogen (secondary N) is 3. The van der Waals surface area contributed by atoms with E-state index in [0.717, 1.165) is 32.2 Å². The fraction of sp³-hybridized carbons (Fsp3) is 0.818. The summed E-state index contributed by atoms with van der Waals surface area (Å²) < 4.78 is 0. The van der Waals surface area contributed by atoms with Crippen molar-refractivity contribution in [3.05, 3.63) is 0 Å². The molecule has 0 saturated carbocycles. The van der Waals surface area contributed by atoms with Gasteiger partial charge in [-0.25, -0.2) is 0 Å². The van der Waals surface area contributed by atoms with Gasteiger partial charge in [0, 0.05) is 20.5 Å². The van der Waals surface area contributed by atoms with Gasteiger partial charge in [-0.15, -0.1) is 0 Å². The van der Waals surface area contributed by atoms with Crippen LogP contribution in [-0.2, 0) is 9.59 Å². The van der Waals surface area contributed by atoms with Crippen LogP contribution in [0.4, 0.5) is 0 Å². The fourth-order valence-electron chi connectivity index (χ4n) is 1.50. The number of amides is 2. The first-order chi connectivity index (χ1) is 7.61. The first-order valence-electron chi connectivity index (χ1n) is 5.75. The Morgan fingerprint density at radius 2 is 1.81 bits per heavy atom. The summed E-state index contributed by atoms with van der Waals surface area (Å²) in [6.07, 6.45) is 3.80. The van der Waals surface area contributed by atoms with Gasteiger partial charge in [0.25, 0.3) is 0 Å². The summed E-state index contributed by atoms with van der Waals surface area (Å²) in [5, 5.41) is 8.35. The van der Waals surface area contributed by atoms with Crippen molar-refractivity contribution in [3.8, 4) is 0 Å². The Hall–Kier alpha value is -1.10. The molecule has 5 heteroatoms. The zero-order valence-electron chi connectivity index (χ0n) is 10.4. The molecule has 0 heterocycles. The maximum atomic E-state index is 11.3. The Balaban J connectivity index is 3.48. The molecule has 1 atom stereocenters. The highest BCUT2D eigenvalue weighted by molar-refractivity contribution is 5.81. The Labute approximate surface area is 97.4 Å². The van der Waals surface area contributed by atoms with Gasteiger partial charge < -0.3 is 16.0 Å². The highest BCUT2D eigenvalue weighted by Gasteiger charge is 2.13. The highest BCUT2D eigenvalue weighted by atomic mass is 16.2. The van der Waals surface area contributed by atoms with Gasteiger partial charge in [0.1, 0.15) is 0 Å². The van der Waals surface area contributed by atoms with Gasteiger partial charge in [-0.3, -0.25) is 9.59 Å². The second kappa shape index (κ2) is 9.15. The molecule has 0 aromatic heterocycles. The predicted molar refractivity (Wildman–Crippen MR) is 64.1 cm³/mol. The van der Waals surface area contributed by atoms with Crippen molar-refractivity contribution in [3.63, 3.8) is 0 Å². The number of carbonyl (C=O) groups excluding carboxylic acids is 2. The molecule has 0 aliphatic carbocycles. The summed E-state index contributed by atoms with van der Waals surface area (Å²) in [7, 11) is 3.43. The topological polar surface area (TPSA) is 70.2 Å². The number of unbranched alkanes of at least 4 members (excludes halogenated alkanes) is 2. The molecule has 0 aromatic carbocycles. The first-order valence-corrected chi connectivity index (χ1v) is 5.75. The fourth-order valence-corrected chi connectivity index (χ4v) is 1.50. The van der Waals surface area contributed by atoms with E-state index >= 15 is 0 Å². The molecule has 0 aliphatic rings. The minimum atomic E-state index is -0.106. The lowest BCUT2D eigenvalue weighted by Gasteiger charge is -2.13. The van der Waals surface area contributed by atoms with Crippen LogP contribution in [0, 0.1) is 0 Å². The van der Waals surface area contributed by atoms with Crippen molar-refractivity contribution in [2.24, 2.45) is 0 Å². The molecule has 0 saturated heterocycles. The second-order valence-corrected chi connectivity index (χ2v) is 3.79. The van der Waals surface area contributed by atoms with Crippen LogP contribution in [-0.4, -0.2) is 38.5 Å². The van der Waals surface area contributed by atoms with E-state index in [9.17, 15) is 9.59 Å². The van der Waals surface area contributed by atoms with E-state index < -0.39 is 0 Å². The van der Waals surface area contributed by atoms with Gasteiger partial charge in [0.15, 0.2) is 0 Å². The largest absolute Gasteiger partial charge is 0.358 e. The van der Waals surface area contributed by atoms with Crippen molar-refractivity contribution in [2.45, 2.75) is 38.6 Å². The van der Waals surface area contributed by atoms with E-state index in [-0.39, 0.29) is 17.9 Å². The van der Waals surface area contributed by atoms with Crippen LogP contribution in [0.3, 0.4) is 0 Å². The molecule has 0 aliphatic heterocycles. The zero-order valence-corrected chi connectivity index (χ0v) is 10.4. The van der Waals surface area contributed by atoms with Crippen LogP contribution in [0.5, 0.6) is 0 Å². The summed E-state index contributed by atoms with van der Waals surface area (Å²) in [6, 6.07) is -0.106. The molecule has 2 amide bonds. The molecule has 5 nitrogen and oxygen atoms in total. The summed E-state index contributed by atoms with van der Waals surface area (Å²) in [4.78, 5) is 21.9. The Bertz CT molecular complexity index is 219. The maximum Gasteiger partial charge on any atom is 0.236 e. The number of carbonyl (C=O) groups is 2. The molecule has 0 bridgehead atoms.